The van der Waals surface area contributed by atoms with Crippen molar-refractivity contribution in [2.24, 2.45) is 0 Å². The van der Waals surface area contributed by atoms with E-state index < -0.39 is 9.28 Å². The van der Waals surface area contributed by atoms with E-state index in [1.54, 1.807) is 0 Å². The molecule has 1 radical (unpaired) electrons. The van der Waals surface area contributed by atoms with Gasteiger partial charge in [0.25, 0.3) is 0 Å². The molecule has 0 fully saturated rings. The second-order valence-electron chi connectivity index (χ2n) is 3.34. The minimum absolute atomic E-state index is 0.0220. The van der Waals surface area contributed by atoms with Crippen LogP contribution in [0.2, 0.25) is 0 Å². The molecule has 1 atom stereocenters. The Hall–Kier alpha value is 0.427. The first-order valence-corrected chi connectivity index (χ1v) is 7.31. The van der Waals surface area contributed by atoms with Gasteiger partial charge in [-0.1, -0.05) is 26.7 Å². The van der Waals surface area contributed by atoms with Crippen molar-refractivity contribution in [1.82, 2.24) is 0 Å². The largest absolute Gasteiger partial charge is 0.403 e. The van der Waals surface area contributed by atoms with Gasteiger partial charge in [-0.05, 0) is 19.8 Å². The molecule has 0 aromatic rings. The van der Waals surface area contributed by atoms with Gasteiger partial charge >= 0.3 is 9.28 Å². The normalized spacial score (nSPS) is 13.5. The summed E-state index contributed by atoms with van der Waals surface area (Å²) < 4.78 is 11.3. The standard InChI is InChI=1S/C10H22ClO2Si/c1-4-6-8-12-14(10(3)11)13-9-7-5-2/h10H,4-9H2,1-3H3. The van der Waals surface area contributed by atoms with E-state index in [9.17, 15) is 0 Å². The highest BCUT2D eigenvalue weighted by molar-refractivity contribution is 6.59. The van der Waals surface area contributed by atoms with Crippen molar-refractivity contribution >= 4 is 20.9 Å². The average Bonchev–Trinajstić information content (AvgIpc) is 2.15. The van der Waals surface area contributed by atoms with Crippen LogP contribution in [-0.4, -0.2) is 27.5 Å². The minimum Gasteiger partial charge on any atom is -0.393 e. The lowest BCUT2D eigenvalue weighted by Gasteiger charge is -2.16. The lowest BCUT2D eigenvalue weighted by Crippen LogP contribution is -2.32. The predicted molar refractivity (Wildman–Crippen MR) is 62.8 cm³/mol. The predicted octanol–water partition coefficient (Wildman–Crippen LogP) is 3.27. The third-order valence-corrected chi connectivity index (χ3v) is 3.97. The van der Waals surface area contributed by atoms with Crippen molar-refractivity contribution in [2.45, 2.75) is 51.5 Å². The van der Waals surface area contributed by atoms with Crippen molar-refractivity contribution in [3.8, 4) is 0 Å². The van der Waals surface area contributed by atoms with E-state index in [-0.39, 0.29) is 5.00 Å². The van der Waals surface area contributed by atoms with E-state index in [0.29, 0.717) is 0 Å². The van der Waals surface area contributed by atoms with Crippen LogP contribution >= 0.6 is 11.6 Å². The fourth-order valence-electron chi connectivity index (χ4n) is 0.906. The van der Waals surface area contributed by atoms with Crippen molar-refractivity contribution in [3.05, 3.63) is 0 Å². The quantitative estimate of drug-likeness (QED) is 0.348. The van der Waals surface area contributed by atoms with Gasteiger partial charge in [0.1, 0.15) is 0 Å². The highest BCUT2D eigenvalue weighted by Crippen LogP contribution is 2.06. The van der Waals surface area contributed by atoms with Crippen LogP contribution < -0.4 is 0 Å². The van der Waals surface area contributed by atoms with Gasteiger partial charge in [0.2, 0.25) is 0 Å². The molecule has 0 heterocycles. The number of halogens is 1. The third-order valence-electron chi connectivity index (χ3n) is 1.81. The molecule has 0 saturated carbocycles. The Morgan fingerprint density at radius 3 is 1.79 bits per heavy atom. The molecular weight excluding hydrogens is 216 g/mol. The molecule has 0 aromatic heterocycles. The zero-order valence-electron chi connectivity index (χ0n) is 9.51. The van der Waals surface area contributed by atoms with E-state index in [1.165, 1.54) is 0 Å². The molecule has 0 aromatic carbocycles. The summed E-state index contributed by atoms with van der Waals surface area (Å²) in [5, 5.41) is 0.0220. The molecule has 1 unspecified atom stereocenters. The maximum atomic E-state index is 6.00. The second-order valence-corrected chi connectivity index (χ2v) is 6.44. The molecule has 85 valence electrons. The zero-order valence-corrected chi connectivity index (χ0v) is 11.3. The number of hydrogen-bond acceptors (Lipinski definition) is 2. The minimum atomic E-state index is -1.24. The Labute approximate surface area is 94.8 Å². The third kappa shape index (κ3) is 7.80. The van der Waals surface area contributed by atoms with Crippen LogP contribution in [0, 0.1) is 0 Å². The van der Waals surface area contributed by atoms with E-state index >= 15 is 0 Å². The molecule has 0 aliphatic heterocycles. The Morgan fingerprint density at radius 2 is 1.50 bits per heavy atom. The smallest absolute Gasteiger partial charge is 0.393 e. The molecular formula is C10H22ClO2Si. The fourth-order valence-corrected chi connectivity index (χ4v) is 2.52. The second kappa shape index (κ2) is 9.96. The molecule has 0 rings (SSSR count). The molecule has 14 heavy (non-hydrogen) atoms. The molecule has 0 saturated heterocycles. The van der Waals surface area contributed by atoms with Crippen LogP contribution in [0.4, 0.5) is 0 Å². The summed E-state index contributed by atoms with van der Waals surface area (Å²) in [4.78, 5) is 0. The van der Waals surface area contributed by atoms with Gasteiger partial charge in [-0.25, -0.2) is 0 Å². The van der Waals surface area contributed by atoms with Crippen molar-refractivity contribution in [3.63, 3.8) is 0 Å². The van der Waals surface area contributed by atoms with Crippen molar-refractivity contribution in [2.75, 3.05) is 13.2 Å². The number of hydrogen-bond donors (Lipinski definition) is 0. The Kier molecular flexibility index (Phi) is 10.3. The summed E-state index contributed by atoms with van der Waals surface area (Å²) in [7, 11) is -1.24. The van der Waals surface area contributed by atoms with E-state index in [1.807, 2.05) is 6.92 Å². The van der Waals surface area contributed by atoms with E-state index in [2.05, 4.69) is 13.8 Å². The van der Waals surface area contributed by atoms with Crippen molar-refractivity contribution < 1.29 is 8.85 Å². The molecule has 2 nitrogen and oxygen atoms in total. The van der Waals surface area contributed by atoms with Gasteiger partial charge in [0.05, 0.1) is 5.00 Å². The van der Waals surface area contributed by atoms with Gasteiger partial charge in [-0.3, -0.25) is 0 Å². The van der Waals surface area contributed by atoms with E-state index in [4.69, 9.17) is 20.5 Å². The van der Waals surface area contributed by atoms with Crippen LogP contribution in [0.5, 0.6) is 0 Å². The maximum Gasteiger partial charge on any atom is 0.403 e. The first-order valence-electron chi connectivity index (χ1n) is 5.48. The average molecular weight is 238 g/mol. The summed E-state index contributed by atoms with van der Waals surface area (Å²) in [6.45, 7) is 7.82. The Morgan fingerprint density at radius 1 is 1.07 bits per heavy atom. The lowest BCUT2D eigenvalue weighted by atomic mass is 10.4. The highest BCUT2D eigenvalue weighted by atomic mass is 35.5. The van der Waals surface area contributed by atoms with Crippen LogP contribution in [0.1, 0.15) is 46.5 Å². The molecule has 0 amide bonds. The topological polar surface area (TPSA) is 18.5 Å². The molecule has 0 N–H and O–H groups in total. The molecule has 0 aliphatic rings. The van der Waals surface area contributed by atoms with Crippen molar-refractivity contribution in [1.29, 1.82) is 0 Å². The molecule has 0 aliphatic carbocycles. The summed E-state index contributed by atoms with van der Waals surface area (Å²) in [6, 6.07) is 0. The monoisotopic (exact) mass is 237 g/mol. The van der Waals surface area contributed by atoms with Gasteiger partial charge < -0.3 is 8.85 Å². The number of rotatable bonds is 9. The van der Waals surface area contributed by atoms with Crippen LogP contribution in [0.15, 0.2) is 0 Å². The van der Waals surface area contributed by atoms with Crippen LogP contribution in [-0.2, 0) is 8.85 Å². The van der Waals surface area contributed by atoms with Gasteiger partial charge in [-0.15, -0.1) is 11.6 Å². The number of alkyl halides is 1. The Bertz CT molecular complexity index is 113. The van der Waals surface area contributed by atoms with Crippen LogP contribution in [0.3, 0.4) is 0 Å². The van der Waals surface area contributed by atoms with Gasteiger partial charge in [0.15, 0.2) is 0 Å². The van der Waals surface area contributed by atoms with Gasteiger partial charge in [-0.2, -0.15) is 0 Å². The Balaban J connectivity index is 3.55. The first-order chi connectivity index (χ1) is 6.72. The summed E-state index contributed by atoms with van der Waals surface area (Å²) in [5.74, 6) is 0. The number of unbranched alkanes of at least 4 members (excludes halogenated alkanes) is 2. The summed E-state index contributed by atoms with van der Waals surface area (Å²) in [6.07, 6.45) is 4.49. The molecule has 0 bridgehead atoms. The van der Waals surface area contributed by atoms with E-state index in [0.717, 1.165) is 38.9 Å². The molecule has 4 heteroatoms. The van der Waals surface area contributed by atoms with Gasteiger partial charge in [0, 0.05) is 13.2 Å². The maximum absolute atomic E-state index is 6.00. The lowest BCUT2D eigenvalue weighted by molar-refractivity contribution is 0.190. The van der Waals surface area contributed by atoms with Crippen LogP contribution in [0.25, 0.3) is 0 Å². The fraction of sp³-hybridized carbons (Fsp3) is 1.00. The zero-order chi connectivity index (χ0) is 10.8. The summed E-state index contributed by atoms with van der Waals surface area (Å²) in [5.41, 5.74) is 0. The first kappa shape index (κ1) is 14.4. The summed E-state index contributed by atoms with van der Waals surface area (Å²) >= 11 is 6.00. The molecule has 0 spiro atoms. The highest BCUT2D eigenvalue weighted by Gasteiger charge is 2.22. The SMILES string of the molecule is CCCCO[Si](OCCCC)C(C)Cl.